The predicted octanol–water partition coefficient (Wildman–Crippen LogP) is 7.45. The maximum absolute atomic E-state index is 5.10. The summed E-state index contributed by atoms with van der Waals surface area (Å²) in [5.74, 6) is 0. The van der Waals surface area contributed by atoms with Crippen molar-refractivity contribution in [3.05, 3.63) is 121 Å². The molecule has 0 aliphatic rings. The average molecular weight is 399 g/mol. The van der Waals surface area contributed by atoms with Crippen molar-refractivity contribution in [1.82, 2.24) is 9.97 Å². The van der Waals surface area contributed by atoms with Crippen LogP contribution in [-0.2, 0) is 0 Å². The van der Waals surface area contributed by atoms with Crippen molar-refractivity contribution in [1.29, 1.82) is 0 Å². The van der Waals surface area contributed by atoms with Crippen LogP contribution in [0.2, 0.25) is 0 Å². The number of hydrogen-bond donors (Lipinski definition) is 0. The van der Waals surface area contributed by atoms with Crippen LogP contribution in [0.15, 0.2) is 115 Å². The zero-order valence-corrected chi connectivity index (χ0v) is 17.4. The molecule has 4 aromatic carbocycles. The Balaban J connectivity index is 1.66. The molecule has 0 amide bonds. The topological polar surface area (TPSA) is 25.8 Å². The molecule has 148 valence electrons. The van der Waals surface area contributed by atoms with E-state index in [0.717, 1.165) is 33.8 Å². The molecule has 0 atom stereocenters. The van der Waals surface area contributed by atoms with E-state index in [-0.39, 0.29) is 0 Å². The van der Waals surface area contributed by atoms with E-state index in [9.17, 15) is 0 Å². The molecule has 31 heavy (non-hydrogen) atoms. The Bertz CT molecular complexity index is 1330. The van der Waals surface area contributed by atoms with Gasteiger partial charge in [0.1, 0.15) is 0 Å². The van der Waals surface area contributed by atoms with E-state index in [2.05, 4.69) is 91.9 Å². The van der Waals surface area contributed by atoms with Crippen molar-refractivity contribution < 1.29 is 0 Å². The van der Waals surface area contributed by atoms with E-state index >= 15 is 0 Å². The molecule has 0 radical (unpaired) electrons. The summed E-state index contributed by atoms with van der Waals surface area (Å²) in [4.78, 5) is 10.0. The molecule has 0 bridgehead atoms. The maximum atomic E-state index is 5.10. The molecular weight excluding hydrogens is 376 g/mol. The van der Waals surface area contributed by atoms with Crippen LogP contribution in [0.5, 0.6) is 0 Å². The summed E-state index contributed by atoms with van der Waals surface area (Å²) >= 11 is 0. The number of hydrogen-bond acceptors (Lipinski definition) is 2. The van der Waals surface area contributed by atoms with Gasteiger partial charge in [-0.05, 0) is 29.7 Å². The summed E-state index contributed by atoms with van der Waals surface area (Å²) in [7, 11) is 0. The lowest BCUT2D eigenvalue weighted by molar-refractivity contribution is 1.21. The summed E-state index contributed by atoms with van der Waals surface area (Å²) in [6.45, 7) is 2.11. The highest BCUT2D eigenvalue weighted by molar-refractivity contribution is 5.81. The van der Waals surface area contributed by atoms with Gasteiger partial charge in [0, 0.05) is 16.7 Å². The van der Waals surface area contributed by atoms with Crippen LogP contribution in [0.4, 0.5) is 0 Å². The Kier molecular flexibility index (Phi) is 5.12. The Labute approximate surface area is 182 Å². The summed E-state index contributed by atoms with van der Waals surface area (Å²) < 4.78 is 0. The van der Waals surface area contributed by atoms with E-state index in [1.54, 1.807) is 0 Å². The number of nitrogens with zero attached hydrogens (tertiary/aromatic N) is 2. The molecule has 0 aliphatic heterocycles. The van der Waals surface area contributed by atoms with Crippen LogP contribution in [0.25, 0.3) is 44.9 Å². The highest BCUT2D eigenvalue weighted by Crippen LogP contribution is 2.33. The number of benzene rings is 4. The second kappa shape index (κ2) is 8.37. The lowest BCUT2D eigenvalue weighted by atomic mass is 9.99. The van der Waals surface area contributed by atoms with Crippen molar-refractivity contribution in [3.8, 4) is 44.9 Å². The normalized spacial score (nSPS) is 10.7. The largest absolute Gasteiger partial charge is 0.252 e. The fraction of sp³-hybridized carbons (Fsp3) is 0.0345. The second-order valence-corrected chi connectivity index (χ2v) is 7.58. The molecule has 5 aromatic rings. The number of rotatable bonds is 4. The highest BCUT2D eigenvalue weighted by Gasteiger charge is 2.14. The van der Waals surface area contributed by atoms with Crippen LogP contribution in [0.1, 0.15) is 5.56 Å². The van der Waals surface area contributed by atoms with Crippen molar-refractivity contribution in [2.24, 2.45) is 0 Å². The molecular formula is C29H22N2. The van der Waals surface area contributed by atoms with Gasteiger partial charge in [-0.2, -0.15) is 0 Å². The highest BCUT2D eigenvalue weighted by atomic mass is 14.8. The monoisotopic (exact) mass is 398 g/mol. The zero-order chi connectivity index (χ0) is 21.0. The van der Waals surface area contributed by atoms with Crippen molar-refractivity contribution in [3.63, 3.8) is 0 Å². The summed E-state index contributed by atoms with van der Waals surface area (Å²) in [6, 6.07) is 37.5. The number of aryl methyl sites for hydroxylation is 1. The third kappa shape index (κ3) is 3.88. The van der Waals surface area contributed by atoms with Gasteiger partial charge in [0.25, 0.3) is 0 Å². The van der Waals surface area contributed by atoms with Gasteiger partial charge in [0.2, 0.25) is 0 Å². The van der Waals surface area contributed by atoms with E-state index in [1.165, 1.54) is 16.7 Å². The first kappa shape index (κ1) is 19.0. The van der Waals surface area contributed by atoms with Gasteiger partial charge >= 0.3 is 0 Å². The van der Waals surface area contributed by atoms with E-state index in [0.29, 0.717) is 0 Å². The lowest BCUT2D eigenvalue weighted by Gasteiger charge is -2.13. The first-order valence-electron chi connectivity index (χ1n) is 10.4. The van der Waals surface area contributed by atoms with Crippen LogP contribution in [-0.4, -0.2) is 9.97 Å². The van der Waals surface area contributed by atoms with Gasteiger partial charge in [-0.25, -0.2) is 4.98 Å². The Morgan fingerprint density at radius 3 is 1.87 bits per heavy atom. The fourth-order valence-electron chi connectivity index (χ4n) is 3.85. The molecule has 0 saturated carbocycles. The number of aromatic nitrogens is 2. The summed E-state index contributed by atoms with van der Waals surface area (Å²) in [5.41, 5.74) is 9.46. The van der Waals surface area contributed by atoms with Gasteiger partial charge in [0.15, 0.2) is 0 Å². The molecule has 2 nitrogen and oxygen atoms in total. The molecule has 0 aliphatic carbocycles. The summed E-state index contributed by atoms with van der Waals surface area (Å²) in [5, 5.41) is 0. The van der Waals surface area contributed by atoms with Gasteiger partial charge < -0.3 is 0 Å². The van der Waals surface area contributed by atoms with E-state index in [4.69, 9.17) is 9.97 Å². The zero-order valence-electron chi connectivity index (χ0n) is 17.4. The third-order valence-electron chi connectivity index (χ3n) is 5.49. The molecule has 1 aromatic heterocycles. The molecule has 0 spiro atoms. The van der Waals surface area contributed by atoms with E-state index in [1.807, 2.05) is 30.5 Å². The first-order chi connectivity index (χ1) is 15.3. The predicted molar refractivity (Wildman–Crippen MR) is 129 cm³/mol. The van der Waals surface area contributed by atoms with Gasteiger partial charge in [-0.3, -0.25) is 4.98 Å². The molecule has 1 heterocycles. The minimum atomic E-state index is 0.869. The quantitative estimate of drug-likeness (QED) is 0.314. The SMILES string of the molecule is Cc1ccccc1-c1ncc(-c2cccc(-c3ccccc3)c2)nc1-c1ccccc1. The van der Waals surface area contributed by atoms with E-state index < -0.39 is 0 Å². The minimum Gasteiger partial charge on any atom is -0.252 e. The van der Waals surface area contributed by atoms with Crippen molar-refractivity contribution in [2.75, 3.05) is 0 Å². The molecule has 2 heteroatoms. The fourth-order valence-corrected chi connectivity index (χ4v) is 3.85. The Morgan fingerprint density at radius 2 is 1.13 bits per heavy atom. The third-order valence-corrected chi connectivity index (χ3v) is 5.49. The first-order valence-corrected chi connectivity index (χ1v) is 10.4. The standard InChI is InChI=1S/C29H22N2/c1-21-11-8-9-18-26(21)29-28(23-14-6-3-7-15-23)31-27(20-30-29)25-17-10-16-24(19-25)22-12-4-2-5-13-22/h2-20H,1H3. The van der Waals surface area contributed by atoms with Crippen LogP contribution in [0.3, 0.4) is 0 Å². The Hall–Kier alpha value is -4.04. The smallest absolute Gasteiger partial charge is 0.0972 e. The molecule has 5 rings (SSSR count). The average Bonchev–Trinajstić information content (AvgIpc) is 2.85. The maximum Gasteiger partial charge on any atom is 0.0972 e. The van der Waals surface area contributed by atoms with Crippen molar-refractivity contribution >= 4 is 0 Å². The molecule has 0 N–H and O–H groups in total. The molecule has 0 unspecified atom stereocenters. The molecule has 0 fully saturated rings. The van der Waals surface area contributed by atoms with Crippen LogP contribution < -0.4 is 0 Å². The minimum absolute atomic E-state index is 0.869. The summed E-state index contributed by atoms with van der Waals surface area (Å²) in [6.07, 6.45) is 1.89. The lowest BCUT2D eigenvalue weighted by Crippen LogP contribution is -1.97. The molecule has 0 saturated heterocycles. The van der Waals surface area contributed by atoms with Crippen molar-refractivity contribution in [2.45, 2.75) is 6.92 Å². The Morgan fingerprint density at radius 1 is 0.516 bits per heavy atom. The van der Waals surface area contributed by atoms with Gasteiger partial charge in [-0.15, -0.1) is 0 Å². The van der Waals surface area contributed by atoms with Gasteiger partial charge in [-0.1, -0.05) is 103 Å². The van der Waals surface area contributed by atoms with Crippen LogP contribution >= 0.6 is 0 Å². The van der Waals surface area contributed by atoms with Crippen LogP contribution in [0, 0.1) is 6.92 Å². The van der Waals surface area contributed by atoms with Gasteiger partial charge in [0.05, 0.1) is 23.3 Å². The second-order valence-electron chi connectivity index (χ2n) is 7.58.